The molecule has 64 heavy (non-hydrogen) atoms. The minimum Gasteiger partial charge on any atom is -0.453 e. The number of fused-ring (bicyclic) bond motifs is 6. The molecule has 4 heterocycles. The van der Waals surface area contributed by atoms with Crippen molar-refractivity contribution < 1.29 is 28.7 Å². The van der Waals surface area contributed by atoms with Crippen LogP contribution in [0.1, 0.15) is 126 Å². The first kappa shape index (κ1) is 43.1. The molecule has 2 bridgehead atoms. The summed E-state index contributed by atoms with van der Waals surface area (Å²) in [4.78, 5) is 72.5. The summed E-state index contributed by atoms with van der Waals surface area (Å²) in [6, 6.07) is 18.0. The summed E-state index contributed by atoms with van der Waals surface area (Å²) in [5.74, 6) is 2.18. The summed E-state index contributed by atoms with van der Waals surface area (Å²) in [5, 5.41) is 5.51. The zero-order valence-electron chi connectivity index (χ0n) is 37.7. The summed E-state index contributed by atoms with van der Waals surface area (Å²) < 4.78 is 9.66. The summed E-state index contributed by atoms with van der Waals surface area (Å²) in [6.07, 6.45) is 8.25. The van der Waals surface area contributed by atoms with Crippen molar-refractivity contribution in [2.24, 2.45) is 11.8 Å². The smallest absolute Gasteiger partial charge is 0.407 e. The molecule has 0 spiro atoms. The Morgan fingerprint density at radius 3 is 1.89 bits per heavy atom. The van der Waals surface area contributed by atoms with Gasteiger partial charge in [0.2, 0.25) is 11.8 Å². The first-order valence-electron chi connectivity index (χ1n) is 23.1. The normalized spacial score (nSPS) is 21.5. The van der Waals surface area contributed by atoms with Crippen LogP contribution in [0.4, 0.5) is 9.59 Å². The molecule has 7 atom stereocenters. The van der Waals surface area contributed by atoms with Crippen molar-refractivity contribution in [3.8, 4) is 33.5 Å². The van der Waals surface area contributed by atoms with Gasteiger partial charge in [-0.15, -0.1) is 0 Å². The number of H-pyrrole nitrogens is 2. The highest BCUT2D eigenvalue weighted by Gasteiger charge is 2.42. The van der Waals surface area contributed by atoms with Crippen molar-refractivity contribution in [2.75, 3.05) is 27.3 Å². The van der Waals surface area contributed by atoms with E-state index in [4.69, 9.17) is 19.4 Å². The molecular weight excluding hydrogens is 809 g/mol. The van der Waals surface area contributed by atoms with E-state index in [1.54, 1.807) is 0 Å². The van der Waals surface area contributed by atoms with E-state index in [9.17, 15) is 19.2 Å². The van der Waals surface area contributed by atoms with Crippen LogP contribution in [-0.4, -0.2) is 93.1 Å². The fourth-order valence-corrected chi connectivity index (χ4v) is 10.9. The monoisotopic (exact) mass is 868 g/mol. The Bertz CT molecular complexity index is 2560. The number of benzene rings is 3. The number of methoxy groups -OCH3 is 2. The molecule has 4 aliphatic rings. The minimum atomic E-state index is -0.685. The highest BCUT2D eigenvalue weighted by molar-refractivity contribution is 5.89. The van der Waals surface area contributed by atoms with Gasteiger partial charge in [-0.3, -0.25) is 9.59 Å². The van der Waals surface area contributed by atoms with Gasteiger partial charge in [0.05, 0.1) is 49.2 Å². The number of aromatic amines is 2. The number of carbonyl (C=O) groups is 4. The summed E-state index contributed by atoms with van der Waals surface area (Å²) in [5.41, 5.74) is 11.6. The van der Waals surface area contributed by atoms with Gasteiger partial charge in [-0.2, -0.15) is 0 Å². The van der Waals surface area contributed by atoms with Gasteiger partial charge in [0.15, 0.2) is 0 Å². The van der Waals surface area contributed by atoms with Crippen LogP contribution < -0.4 is 10.6 Å². The van der Waals surface area contributed by atoms with Crippen molar-refractivity contribution in [3.63, 3.8) is 0 Å². The average molecular weight is 869 g/mol. The number of hydrogen-bond donors (Lipinski definition) is 4. The summed E-state index contributed by atoms with van der Waals surface area (Å²) >= 11 is 0. The van der Waals surface area contributed by atoms with E-state index in [1.165, 1.54) is 61.3 Å². The van der Waals surface area contributed by atoms with E-state index in [-0.39, 0.29) is 35.7 Å². The van der Waals surface area contributed by atoms with Gasteiger partial charge in [-0.25, -0.2) is 19.6 Å². The van der Waals surface area contributed by atoms with Crippen molar-refractivity contribution >= 4 is 35.0 Å². The van der Waals surface area contributed by atoms with Crippen molar-refractivity contribution in [2.45, 2.75) is 115 Å². The van der Waals surface area contributed by atoms with Crippen LogP contribution in [0.25, 0.3) is 44.5 Å². The van der Waals surface area contributed by atoms with Gasteiger partial charge >= 0.3 is 12.2 Å². The topological polar surface area (TPSA) is 175 Å². The van der Waals surface area contributed by atoms with Gasteiger partial charge in [0.1, 0.15) is 23.7 Å². The molecule has 3 fully saturated rings. The van der Waals surface area contributed by atoms with Crippen molar-refractivity contribution in [1.82, 2.24) is 40.4 Å². The zero-order chi connectivity index (χ0) is 44.8. The number of likely N-dealkylation sites (tertiary alicyclic amines) is 2. The first-order valence-corrected chi connectivity index (χ1v) is 23.1. The maximum Gasteiger partial charge on any atom is 0.407 e. The molecule has 9 rings (SSSR count). The second-order valence-corrected chi connectivity index (χ2v) is 18.5. The number of aromatic nitrogens is 4. The summed E-state index contributed by atoms with van der Waals surface area (Å²) in [6.45, 7) is 9.04. The Morgan fingerprint density at radius 2 is 1.28 bits per heavy atom. The Kier molecular flexibility index (Phi) is 12.0. The van der Waals surface area contributed by atoms with Gasteiger partial charge in [-0.1, -0.05) is 76.6 Å². The zero-order valence-corrected chi connectivity index (χ0v) is 37.7. The molecule has 3 aromatic carbocycles. The van der Waals surface area contributed by atoms with Crippen LogP contribution in [0.3, 0.4) is 0 Å². The number of nitrogens with zero attached hydrogens (tertiary/aromatic N) is 4. The van der Waals surface area contributed by atoms with Gasteiger partial charge in [0, 0.05) is 13.1 Å². The number of rotatable bonds is 12. The molecule has 4 amide bonds. The van der Waals surface area contributed by atoms with E-state index in [0.29, 0.717) is 24.9 Å². The van der Waals surface area contributed by atoms with Crippen LogP contribution in [0, 0.1) is 11.8 Å². The van der Waals surface area contributed by atoms with Gasteiger partial charge in [0.25, 0.3) is 0 Å². The molecule has 2 saturated heterocycles. The van der Waals surface area contributed by atoms with Gasteiger partial charge < -0.3 is 39.9 Å². The average Bonchev–Trinajstić information content (AvgIpc) is 4.18. The van der Waals surface area contributed by atoms with Crippen molar-refractivity contribution in [1.29, 1.82) is 0 Å². The molecule has 3 unspecified atom stereocenters. The third kappa shape index (κ3) is 7.89. The first-order chi connectivity index (χ1) is 31.0. The Balaban J connectivity index is 0.948. The lowest BCUT2D eigenvalue weighted by Gasteiger charge is -2.30. The van der Waals surface area contributed by atoms with Crippen LogP contribution in [0.15, 0.2) is 60.8 Å². The van der Waals surface area contributed by atoms with E-state index in [0.717, 1.165) is 71.6 Å². The van der Waals surface area contributed by atoms with E-state index in [2.05, 4.69) is 75.2 Å². The number of hydrogen-bond acceptors (Lipinski definition) is 8. The maximum absolute atomic E-state index is 13.9. The summed E-state index contributed by atoms with van der Waals surface area (Å²) in [7, 11) is 2.62. The molecule has 2 aliphatic heterocycles. The van der Waals surface area contributed by atoms with E-state index >= 15 is 0 Å². The molecule has 4 N–H and O–H groups in total. The highest BCUT2D eigenvalue weighted by atomic mass is 16.5. The number of carbonyl (C=O) groups excluding carboxylic acids is 4. The lowest BCUT2D eigenvalue weighted by atomic mass is 9.81. The lowest BCUT2D eigenvalue weighted by molar-refractivity contribution is -0.136. The van der Waals surface area contributed by atoms with E-state index in [1.807, 2.05) is 43.7 Å². The van der Waals surface area contributed by atoms with Gasteiger partial charge in [-0.05, 0) is 120 Å². The predicted octanol–water partition coefficient (Wildman–Crippen LogP) is 9.13. The molecule has 1 saturated carbocycles. The van der Waals surface area contributed by atoms with Crippen LogP contribution in [-0.2, 0) is 19.1 Å². The lowest BCUT2D eigenvalue weighted by Crippen LogP contribution is -2.51. The maximum atomic E-state index is 13.9. The minimum absolute atomic E-state index is 0.0529. The molecule has 5 aromatic rings. The Labute approximate surface area is 374 Å². The van der Waals surface area contributed by atoms with E-state index < -0.39 is 24.3 Å². The molecule has 14 nitrogen and oxygen atoms in total. The Morgan fingerprint density at radius 1 is 0.719 bits per heavy atom. The van der Waals surface area contributed by atoms with Crippen LogP contribution >= 0.6 is 0 Å². The quantitative estimate of drug-likeness (QED) is 0.0961. The second-order valence-electron chi connectivity index (χ2n) is 18.5. The third-order valence-electron chi connectivity index (χ3n) is 14.5. The van der Waals surface area contributed by atoms with Crippen LogP contribution in [0.5, 0.6) is 0 Å². The largest absolute Gasteiger partial charge is 0.453 e. The number of ether oxygens (including phenoxy) is 2. The van der Waals surface area contributed by atoms with Crippen LogP contribution in [0.2, 0.25) is 0 Å². The third-order valence-corrected chi connectivity index (χ3v) is 14.5. The molecule has 336 valence electrons. The molecular formula is C50H60N8O6. The molecule has 2 aliphatic carbocycles. The Hall–Kier alpha value is -6.18. The number of amides is 4. The molecule has 2 aromatic heterocycles. The fraction of sp³-hybridized carbons (Fsp3) is 0.480. The molecule has 14 heteroatoms. The highest BCUT2D eigenvalue weighted by Crippen LogP contribution is 2.58. The number of nitrogens with one attached hydrogen (secondary N) is 4. The molecule has 0 radical (unpaired) electrons. The standard InChI is InChI=1S/C50H60N8O6/c1-7-28(4)44(56-50(62)64-6)48(60)58-23-9-11-40(58)46-52-36-21-18-31(25-37(36)53-46)35-20-19-34(41-32-16-17-33(24-32)42(35)41)29-12-14-30(15-13-29)38-26-51-45(54-38)39-10-8-22-57(39)47(59)43(27(2)3)55-49(61)63-5/h12-15,18-21,25-28,32-33,39-40,43-44H,7-11,16-17,22-24H2,1-6H3,(H,51,54)(H,52,53)(H,55,61)(H,56,62)/t28?,32?,33?,39-,40-,43-,44-/m0/s1. The second kappa shape index (κ2) is 17.8. The SMILES string of the molecule is CCC(C)[C@H](NC(=O)OC)C(=O)N1CCC[C@H]1c1nc2ccc(-c3ccc(-c4ccc(-c5cnc([C@@H]6CCCN6C(=O)[C@@H](NC(=O)OC)C(C)C)[nH]5)cc4)c4c3C3CCC4C3)cc2[nH]1. The number of alkyl carbamates (subject to hydrolysis) is 2. The fourth-order valence-electron chi connectivity index (χ4n) is 10.9. The number of imidazole rings is 2. The van der Waals surface area contributed by atoms with Crippen molar-refractivity contribution in [3.05, 3.63) is 83.6 Å². The predicted molar refractivity (Wildman–Crippen MR) is 244 cm³/mol.